The fraction of sp³-hybridized carbons (Fsp3) is 0.708. The standard InChI is InChI=1S/C72H118N20O29S/c1-35(2)56(69(117)87-46(32-94)64(112)81-40(19-21-53(99)100)60(108)80-39(18-20-52(97)98)59(107)78-37(12-3-6-22-73)58(106)83-43(29-54(101)102)63(111)86-45(31-93)65(113)82-41(72(120)121)14-5-8-24-75)90-61(109)38(13-4-7-23-74)79-66(114)48(34-122)89-62(110)42(28-51(76)96)84-67(115)49-16-11-27-92(49)71(119)47(33-95)88-68(116)50-17-10-26-91(50)70(118)44(30-55(103)104)85-57(105)36-15-9-25-77-36/h35-50,56,77,93-95,122H,3-34,73-75H2,1-2H3,(H2,76,96)(H,78,107)(H,79,114)(H,80,108)(H,81,112)(H,82,113)(H,83,106)(H,84,115)(H,85,105)(H,86,111)(H,87,117)(H,88,116)(H,89,110)(H,90,109)(H,97,98)(H,99,100)(H,101,102)(H,103,104)(H,120,121)/t36-,37-,38-,39-,40-,41-,42-,43-,44-,45-,46-,47-,48-,49-,50-,56-/m0/s1. The summed E-state index contributed by atoms with van der Waals surface area (Å²) in [5.74, 6) is -27.3. The van der Waals surface area contributed by atoms with E-state index < -0.39 is 297 Å². The number of likely N-dealkylation sites (tertiary alicyclic amines) is 2. The van der Waals surface area contributed by atoms with Crippen LogP contribution in [0.3, 0.4) is 0 Å². The molecular formula is C72H118N20O29S. The summed E-state index contributed by atoms with van der Waals surface area (Å²) in [5, 5.41) is 112. The number of primary amides is 1. The van der Waals surface area contributed by atoms with Gasteiger partial charge in [0, 0.05) is 31.7 Å². The van der Waals surface area contributed by atoms with Gasteiger partial charge in [-0.05, 0) is 141 Å². The number of rotatable bonds is 58. The Morgan fingerprint density at radius 1 is 0.369 bits per heavy atom. The number of carboxylic acid groups (broad SMARTS) is 5. The Morgan fingerprint density at radius 2 is 0.705 bits per heavy atom. The third kappa shape index (κ3) is 35.6. The molecule has 0 spiro atoms. The molecule has 0 radical (unpaired) electrons. The molecule has 50 heteroatoms. The SMILES string of the molecule is CC(C)[C@H](NC(=O)[C@H](CCCCN)NC(=O)[C@H](CS)NC(=O)[C@H](CC(N)=O)NC(=O)[C@@H]1CCCN1C(=O)[C@H](CO)NC(=O)[C@@H]1CCCN1C(=O)[C@H](CC(=O)O)NC(=O)[C@@H]1CCCN1)C(=O)N[C@@H](CO)C(=O)N[C@@H](CCC(=O)O)C(=O)N[C@@H](CCC(=O)O)C(=O)N[C@@H](CCCCN)C(=O)N[C@@H](CC(=O)O)C(=O)N[C@@H](CO)C(=O)N[C@@H](CCCCN)C(=O)O. The number of carbonyl (C=O) groups excluding carboxylic acids is 16. The van der Waals surface area contributed by atoms with Crippen LogP contribution in [0.2, 0.25) is 0 Å². The van der Waals surface area contributed by atoms with Crippen LogP contribution in [0.4, 0.5) is 0 Å². The van der Waals surface area contributed by atoms with Crippen LogP contribution in [-0.4, -0.2) is 337 Å². The number of aliphatic hydroxyl groups is 3. The predicted molar refractivity (Wildman–Crippen MR) is 424 cm³/mol. The molecule has 0 saturated carbocycles. The van der Waals surface area contributed by atoms with Crippen LogP contribution in [0.15, 0.2) is 0 Å². The molecule has 0 aromatic rings. The third-order valence-electron chi connectivity index (χ3n) is 19.9. The number of carboxylic acids is 5. The molecule has 3 aliphatic heterocycles. The number of carbonyl (C=O) groups is 21. The summed E-state index contributed by atoms with van der Waals surface area (Å²) in [6, 6.07) is -26.8. The van der Waals surface area contributed by atoms with Crippen LogP contribution < -0.4 is 97.4 Å². The molecular weight excluding hydrogens is 1640 g/mol. The summed E-state index contributed by atoms with van der Waals surface area (Å²) in [6.07, 6.45) is -4.21. The monoisotopic (exact) mass is 1760 g/mol. The van der Waals surface area contributed by atoms with E-state index in [0.29, 0.717) is 25.8 Å². The first-order valence-corrected chi connectivity index (χ1v) is 40.6. The van der Waals surface area contributed by atoms with Crippen molar-refractivity contribution in [2.24, 2.45) is 28.9 Å². The molecule has 16 atom stereocenters. The van der Waals surface area contributed by atoms with Gasteiger partial charge in [-0.2, -0.15) is 12.6 Å². The highest BCUT2D eigenvalue weighted by molar-refractivity contribution is 7.80. The molecule has 3 fully saturated rings. The van der Waals surface area contributed by atoms with Crippen molar-refractivity contribution in [1.29, 1.82) is 0 Å². The van der Waals surface area contributed by atoms with Crippen LogP contribution in [-0.2, 0) is 101 Å². The number of hydrogen-bond acceptors (Lipinski definition) is 29. The smallest absolute Gasteiger partial charge is 0.326 e. The quantitative estimate of drug-likeness (QED) is 0.0199. The molecule has 49 nitrogen and oxygen atoms in total. The van der Waals surface area contributed by atoms with E-state index in [1.54, 1.807) is 0 Å². The van der Waals surface area contributed by atoms with Crippen LogP contribution in [0.25, 0.3) is 0 Å². The van der Waals surface area contributed by atoms with E-state index in [4.69, 9.17) is 22.9 Å². The highest BCUT2D eigenvalue weighted by atomic mass is 32.1. The van der Waals surface area contributed by atoms with E-state index in [-0.39, 0.29) is 110 Å². The lowest BCUT2D eigenvalue weighted by molar-refractivity contribution is -0.147. The molecule has 0 aromatic heterocycles. The minimum absolute atomic E-state index is 0.0238. The van der Waals surface area contributed by atoms with Crippen LogP contribution in [0.1, 0.15) is 155 Å². The molecule has 16 amide bonds. The third-order valence-corrected chi connectivity index (χ3v) is 20.2. The lowest BCUT2D eigenvalue weighted by atomic mass is 10.0. The van der Waals surface area contributed by atoms with Gasteiger partial charge in [0.1, 0.15) is 90.6 Å². The fourth-order valence-electron chi connectivity index (χ4n) is 13.2. The maximum absolute atomic E-state index is 14.3. The van der Waals surface area contributed by atoms with Crippen molar-refractivity contribution in [1.82, 2.24) is 84.2 Å². The fourth-order valence-corrected chi connectivity index (χ4v) is 13.5. The second-order valence-electron chi connectivity index (χ2n) is 29.6. The molecule has 0 unspecified atom stereocenters. The zero-order valence-corrected chi connectivity index (χ0v) is 68.6. The van der Waals surface area contributed by atoms with Gasteiger partial charge in [-0.15, -0.1) is 0 Å². The summed E-state index contributed by atoms with van der Waals surface area (Å²) in [7, 11) is 0. The molecule has 30 N–H and O–H groups in total. The molecule has 3 heterocycles. The maximum Gasteiger partial charge on any atom is 0.326 e. The number of nitrogens with two attached hydrogens (primary N) is 4. The van der Waals surface area contributed by atoms with Crippen LogP contribution in [0.5, 0.6) is 0 Å². The first-order chi connectivity index (χ1) is 57.7. The van der Waals surface area contributed by atoms with Gasteiger partial charge < -0.3 is 148 Å². The molecule has 0 aliphatic carbocycles. The Kier molecular flexibility index (Phi) is 46.8. The van der Waals surface area contributed by atoms with Gasteiger partial charge >= 0.3 is 29.8 Å². The Morgan fingerprint density at radius 3 is 1.09 bits per heavy atom. The number of aliphatic carboxylic acids is 5. The average molecular weight is 1760 g/mol. The first kappa shape index (κ1) is 105. The minimum Gasteiger partial charge on any atom is -0.481 e. The van der Waals surface area contributed by atoms with E-state index in [9.17, 15) is 142 Å². The Labute approximate surface area is 705 Å². The number of unbranched alkanes of at least 4 members (excludes halogenated alkanes) is 3. The van der Waals surface area contributed by atoms with Crippen LogP contribution >= 0.6 is 12.6 Å². The van der Waals surface area contributed by atoms with Crippen molar-refractivity contribution in [3.8, 4) is 0 Å². The van der Waals surface area contributed by atoms with E-state index in [1.165, 1.54) is 13.8 Å². The number of aliphatic hydroxyl groups excluding tert-OH is 3. The van der Waals surface area contributed by atoms with Crippen molar-refractivity contribution in [2.45, 2.75) is 252 Å². The van der Waals surface area contributed by atoms with Gasteiger partial charge in [0.25, 0.3) is 0 Å². The number of nitrogens with zero attached hydrogens (tertiary/aromatic N) is 2. The lowest BCUT2D eigenvalue weighted by Gasteiger charge is -2.31. The largest absolute Gasteiger partial charge is 0.481 e. The lowest BCUT2D eigenvalue weighted by Crippen LogP contribution is -2.62. The zero-order chi connectivity index (χ0) is 91.6. The number of thiol groups is 1. The highest BCUT2D eigenvalue weighted by Gasteiger charge is 2.45. The average Bonchev–Trinajstić information content (AvgIpc) is 1.64. The molecule has 3 rings (SSSR count). The second kappa shape index (κ2) is 54.4. The minimum atomic E-state index is -2.08. The van der Waals surface area contributed by atoms with E-state index in [0.717, 1.165) is 9.80 Å². The number of hydrogen-bond donors (Lipinski definition) is 27. The van der Waals surface area contributed by atoms with Crippen LogP contribution in [0, 0.1) is 5.92 Å². The molecule has 686 valence electrons. The zero-order valence-electron chi connectivity index (χ0n) is 67.7. The molecule has 3 aliphatic rings. The predicted octanol–water partition coefficient (Wildman–Crippen LogP) is -11.4. The first-order valence-electron chi connectivity index (χ1n) is 39.9. The van der Waals surface area contributed by atoms with Crippen molar-refractivity contribution >= 4 is 137 Å². The molecule has 3 saturated heterocycles. The second-order valence-corrected chi connectivity index (χ2v) is 30.0. The van der Waals surface area contributed by atoms with Crippen molar-refractivity contribution in [2.75, 3.05) is 64.8 Å². The van der Waals surface area contributed by atoms with E-state index >= 15 is 0 Å². The van der Waals surface area contributed by atoms with Gasteiger partial charge in [-0.3, -0.25) is 95.9 Å². The molecule has 0 bridgehead atoms. The topological polar surface area (TPSA) is 799 Å². The summed E-state index contributed by atoms with van der Waals surface area (Å²) in [5.41, 5.74) is 22.4. The van der Waals surface area contributed by atoms with Gasteiger partial charge in [-0.25, -0.2) is 4.79 Å². The maximum atomic E-state index is 14.3. The Hall–Kier alpha value is -11.1. The van der Waals surface area contributed by atoms with Gasteiger partial charge in [0.05, 0.1) is 45.1 Å². The van der Waals surface area contributed by atoms with E-state index in [1.807, 2.05) is 5.32 Å². The number of nitrogens with one attached hydrogen (secondary N) is 14. The van der Waals surface area contributed by atoms with Gasteiger partial charge in [0.2, 0.25) is 94.5 Å². The summed E-state index contributed by atoms with van der Waals surface area (Å²) in [4.78, 5) is 283. The van der Waals surface area contributed by atoms with Crippen molar-refractivity contribution < 1.29 is 142 Å². The Bertz CT molecular complexity index is 3670. The Balaban J connectivity index is 1.82. The van der Waals surface area contributed by atoms with Gasteiger partial charge in [-0.1, -0.05) is 13.8 Å². The highest BCUT2D eigenvalue weighted by Crippen LogP contribution is 2.23. The van der Waals surface area contributed by atoms with Crippen molar-refractivity contribution in [3.63, 3.8) is 0 Å². The summed E-state index contributed by atoms with van der Waals surface area (Å²) < 4.78 is 0. The molecule has 0 aromatic carbocycles. The van der Waals surface area contributed by atoms with E-state index in [2.05, 4.69) is 81.7 Å². The number of amides is 16. The normalized spacial score (nSPS) is 18.1. The van der Waals surface area contributed by atoms with Gasteiger partial charge in [0.15, 0.2) is 0 Å². The van der Waals surface area contributed by atoms with Crippen molar-refractivity contribution in [3.05, 3.63) is 0 Å². The molecule has 122 heavy (non-hydrogen) atoms. The summed E-state index contributed by atoms with van der Waals surface area (Å²) >= 11 is 4.20. The summed E-state index contributed by atoms with van der Waals surface area (Å²) in [6.45, 7) is 0.0407.